The minimum absolute atomic E-state index is 0.248. The monoisotopic (exact) mass is 393 g/mol. The maximum Gasteiger partial charge on any atom is 0.255 e. The molecular formula is C14H17BrClNO3S. The van der Waals surface area contributed by atoms with E-state index in [0.717, 1.165) is 10.9 Å². The van der Waals surface area contributed by atoms with E-state index < -0.39 is 15.1 Å². The molecule has 0 spiro atoms. The fraction of sp³-hybridized carbons (Fsp3) is 0.500. The first-order chi connectivity index (χ1) is 9.71. The second kappa shape index (κ2) is 6.26. The lowest BCUT2D eigenvalue weighted by molar-refractivity contribution is 0.0737. The van der Waals surface area contributed by atoms with Gasteiger partial charge in [-0.05, 0) is 37.5 Å². The summed E-state index contributed by atoms with van der Waals surface area (Å²) < 4.78 is 24.5. The maximum atomic E-state index is 12.6. The summed E-state index contributed by atoms with van der Waals surface area (Å²) in [4.78, 5) is 14.1. The third-order valence-electron chi connectivity index (χ3n) is 3.94. The minimum Gasteiger partial charge on any atom is -0.337 e. The van der Waals surface area contributed by atoms with Crippen LogP contribution in [0, 0.1) is 0 Å². The molecule has 1 amide bonds. The van der Waals surface area contributed by atoms with Crippen molar-refractivity contribution in [2.45, 2.75) is 30.6 Å². The van der Waals surface area contributed by atoms with E-state index in [2.05, 4.69) is 15.9 Å². The lowest BCUT2D eigenvalue weighted by Gasteiger charge is -2.29. The lowest BCUT2D eigenvalue weighted by atomic mass is 10.1. The Morgan fingerprint density at radius 1 is 1.38 bits per heavy atom. The highest BCUT2D eigenvalue weighted by molar-refractivity contribution is 9.10. The van der Waals surface area contributed by atoms with Crippen molar-refractivity contribution in [3.63, 3.8) is 0 Å². The van der Waals surface area contributed by atoms with Crippen LogP contribution in [-0.2, 0) is 9.84 Å². The fourth-order valence-electron chi connectivity index (χ4n) is 2.85. The van der Waals surface area contributed by atoms with Gasteiger partial charge in [0.2, 0.25) is 0 Å². The molecule has 2 rings (SSSR count). The van der Waals surface area contributed by atoms with E-state index in [1.807, 2.05) is 0 Å². The molecule has 0 aromatic heterocycles. The summed E-state index contributed by atoms with van der Waals surface area (Å²) in [6.07, 6.45) is 3.35. The van der Waals surface area contributed by atoms with E-state index in [-0.39, 0.29) is 11.9 Å². The Morgan fingerprint density at radius 3 is 2.67 bits per heavy atom. The van der Waals surface area contributed by atoms with Crippen LogP contribution in [0.15, 0.2) is 22.7 Å². The number of nitrogens with zero attached hydrogens (tertiary/aromatic N) is 1. The van der Waals surface area contributed by atoms with Crippen molar-refractivity contribution in [2.75, 3.05) is 13.3 Å². The Kier molecular flexibility index (Phi) is 5.00. The molecule has 0 saturated heterocycles. The van der Waals surface area contributed by atoms with E-state index in [0.29, 0.717) is 23.4 Å². The predicted octanol–water partition coefficient (Wildman–Crippen LogP) is 3.14. The summed E-state index contributed by atoms with van der Waals surface area (Å²) in [6, 6.07) is 4.78. The van der Waals surface area contributed by atoms with Crippen molar-refractivity contribution in [2.24, 2.45) is 0 Å². The van der Waals surface area contributed by atoms with E-state index in [1.165, 1.54) is 11.2 Å². The number of carbonyl (C=O) groups excluding carboxylic acids is 1. The number of sulfone groups is 1. The Morgan fingerprint density at radius 2 is 2.05 bits per heavy atom. The molecule has 0 unspecified atom stereocenters. The summed E-state index contributed by atoms with van der Waals surface area (Å²) >= 11 is 9.40. The van der Waals surface area contributed by atoms with Crippen LogP contribution >= 0.6 is 27.5 Å². The first-order valence-electron chi connectivity index (χ1n) is 6.63. The molecule has 0 bridgehead atoms. The molecule has 1 saturated carbocycles. The van der Waals surface area contributed by atoms with Crippen LogP contribution < -0.4 is 0 Å². The molecule has 1 aliphatic rings. The zero-order chi connectivity index (χ0) is 15.8. The summed E-state index contributed by atoms with van der Waals surface area (Å²) in [6.45, 7) is 0. The van der Waals surface area contributed by atoms with Crippen LogP contribution in [0.1, 0.15) is 29.6 Å². The molecule has 1 aromatic rings. The Balaban J connectivity index is 2.29. The van der Waals surface area contributed by atoms with Crippen LogP contribution in [0.3, 0.4) is 0 Å². The van der Waals surface area contributed by atoms with Gasteiger partial charge < -0.3 is 4.90 Å². The molecular weight excluding hydrogens is 378 g/mol. The van der Waals surface area contributed by atoms with Gasteiger partial charge in [-0.25, -0.2) is 8.42 Å². The van der Waals surface area contributed by atoms with Gasteiger partial charge in [0.15, 0.2) is 9.84 Å². The van der Waals surface area contributed by atoms with E-state index in [4.69, 9.17) is 11.6 Å². The van der Waals surface area contributed by atoms with Crippen LogP contribution in [0.5, 0.6) is 0 Å². The van der Waals surface area contributed by atoms with Crippen molar-refractivity contribution in [3.8, 4) is 0 Å². The lowest BCUT2D eigenvalue weighted by Crippen LogP contribution is -2.44. The average Bonchev–Trinajstić information content (AvgIpc) is 2.89. The van der Waals surface area contributed by atoms with Crippen LogP contribution in [0.25, 0.3) is 0 Å². The van der Waals surface area contributed by atoms with E-state index in [9.17, 15) is 13.2 Å². The summed E-state index contributed by atoms with van der Waals surface area (Å²) in [5, 5.41) is -0.124. The summed E-state index contributed by atoms with van der Waals surface area (Å²) in [5.74, 6) is -0.248. The second-order valence-corrected chi connectivity index (χ2v) is 8.99. The molecule has 1 fully saturated rings. The molecule has 0 N–H and O–H groups in total. The van der Waals surface area contributed by atoms with Gasteiger partial charge >= 0.3 is 0 Å². The van der Waals surface area contributed by atoms with Gasteiger partial charge in [-0.15, -0.1) is 0 Å². The molecule has 116 valence electrons. The molecule has 1 aromatic carbocycles. The average molecular weight is 395 g/mol. The van der Waals surface area contributed by atoms with E-state index in [1.54, 1.807) is 25.2 Å². The van der Waals surface area contributed by atoms with Gasteiger partial charge in [0.1, 0.15) is 0 Å². The van der Waals surface area contributed by atoms with Gasteiger partial charge in [-0.1, -0.05) is 27.5 Å². The molecule has 0 aliphatic heterocycles. The first kappa shape index (κ1) is 16.8. The molecule has 7 heteroatoms. The number of hydrogen-bond acceptors (Lipinski definition) is 3. The predicted molar refractivity (Wildman–Crippen MR) is 87.5 cm³/mol. The second-order valence-electron chi connectivity index (χ2n) is 5.41. The van der Waals surface area contributed by atoms with Crippen molar-refractivity contribution in [1.29, 1.82) is 0 Å². The van der Waals surface area contributed by atoms with Gasteiger partial charge in [0, 0.05) is 23.8 Å². The van der Waals surface area contributed by atoms with Crippen molar-refractivity contribution >= 4 is 43.3 Å². The molecule has 0 heterocycles. The third-order valence-corrected chi connectivity index (χ3v) is 6.42. The van der Waals surface area contributed by atoms with Crippen molar-refractivity contribution < 1.29 is 13.2 Å². The highest BCUT2D eigenvalue weighted by Gasteiger charge is 2.39. The normalized spacial score (nSPS) is 22.3. The summed E-state index contributed by atoms with van der Waals surface area (Å²) in [5.41, 5.74) is 0.382. The van der Waals surface area contributed by atoms with Crippen molar-refractivity contribution in [1.82, 2.24) is 4.90 Å². The molecule has 1 aliphatic carbocycles. The smallest absolute Gasteiger partial charge is 0.255 e. The third kappa shape index (κ3) is 3.60. The number of halogens is 2. The maximum absolute atomic E-state index is 12.6. The number of carbonyl (C=O) groups is 1. The number of amides is 1. The van der Waals surface area contributed by atoms with Gasteiger partial charge in [-0.2, -0.15) is 0 Å². The fourth-order valence-corrected chi connectivity index (χ4v) is 4.89. The molecule has 2 atom stereocenters. The SMILES string of the molecule is CN(C(=O)c1cc(Br)ccc1Cl)[C@H]1CCC[C@@H]1S(C)(=O)=O. The first-order valence-corrected chi connectivity index (χ1v) is 9.75. The summed E-state index contributed by atoms with van der Waals surface area (Å²) in [7, 11) is -1.52. The number of hydrogen-bond donors (Lipinski definition) is 0. The zero-order valence-corrected chi connectivity index (χ0v) is 15.0. The molecule has 21 heavy (non-hydrogen) atoms. The Labute approximate surface area is 138 Å². The van der Waals surface area contributed by atoms with Gasteiger partial charge in [0.05, 0.1) is 15.8 Å². The van der Waals surface area contributed by atoms with Crippen LogP contribution in [-0.4, -0.2) is 43.8 Å². The van der Waals surface area contributed by atoms with Crippen LogP contribution in [0.4, 0.5) is 0 Å². The zero-order valence-electron chi connectivity index (χ0n) is 11.8. The molecule has 4 nitrogen and oxygen atoms in total. The topological polar surface area (TPSA) is 54.5 Å². The number of benzene rings is 1. The Bertz CT molecular complexity index is 662. The minimum atomic E-state index is -3.17. The largest absolute Gasteiger partial charge is 0.337 e. The Hall–Kier alpha value is -0.590. The standard InChI is InChI=1S/C14H17BrClNO3S/c1-17(12-4-3-5-13(12)21(2,19)20)14(18)10-8-9(15)6-7-11(10)16/h6-8,12-13H,3-5H2,1-2H3/t12-,13-/m0/s1. The van der Waals surface area contributed by atoms with Crippen LogP contribution in [0.2, 0.25) is 5.02 Å². The quantitative estimate of drug-likeness (QED) is 0.791. The van der Waals surface area contributed by atoms with E-state index >= 15 is 0 Å². The van der Waals surface area contributed by atoms with Gasteiger partial charge in [0.25, 0.3) is 5.91 Å². The molecule has 0 radical (unpaired) electrons. The number of rotatable bonds is 3. The van der Waals surface area contributed by atoms with Crippen molar-refractivity contribution in [3.05, 3.63) is 33.3 Å². The highest BCUT2D eigenvalue weighted by atomic mass is 79.9. The highest BCUT2D eigenvalue weighted by Crippen LogP contribution is 2.31. The van der Waals surface area contributed by atoms with Gasteiger partial charge in [-0.3, -0.25) is 4.79 Å².